The van der Waals surface area contributed by atoms with Crippen LogP contribution in [0.25, 0.3) is 0 Å². The molecule has 22 heavy (non-hydrogen) atoms. The van der Waals surface area contributed by atoms with Gasteiger partial charge in [-0.1, -0.05) is 12.1 Å². The smallest absolute Gasteiger partial charge is 0.411 e. The van der Waals surface area contributed by atoms with E-state index in [0.29, 0.717) is 18.4 Å². The van der Waals surface area contributed by atoms with Crippen molar-refractivity contribution >= 4 is 11.9 Å². The number of rotatable bonds is 2. The van der Waals surface area contributed by atoms with Crippen molar-refractivity contribution < 1.29 is 18.7 Å². The van der Waals surface area contributed by atoms with Crippen LogP contribution in [-0.2, 0) is 9.53 Å². The molecule has 0 aromatic heterocycles. The van der Waals surface area contributed by atoms with Crippen LogP contribution in [0, 0.1) is 5.82 Å². The predicted molar refractivity (Wildman–Crippen MR) is 80.9 cm³/mol. The second kappa shape index (κ2) is 6.07. The summed E-state index contributed by atoms with van der Waals surface area (Å²) >= 11 is 0. The van der Waals surface area contributed by atoms with Gasteiger partial charge in [0.25, 0.3) is 0 Å². The van der Waals surface area contributed by atoms with E-state index in [2.05, 4.69) is 0 Å². The summed E-state index contributed by atoms with van der Waals surface area (Å²) in [6.45, 7) is 6.80. The topological polar surface area (TPSA) is 46.6 Å². The molecule has 0 radical (unpaired) electrons. The maximum Gasteiger partial charge on any atom is 0.411 e. The van der Waals surface area contributed by atoms with E-state index in [9.17, 15) is 14.0 Å². The minimum atomic E-state index is -0.645. The Bertz CT molecular complexity index is 580. The molecule has 4 nitrogen and oxygen atoms in total. The molecule has 120 valence electrons. The number of Topliss-reactive ketones (excluding diaryl/α,β-unsaturated/α-hetero) is 1. The molecule has 0 bridgehead atoms. The molecule has 1 aromatic carbocycles. The third-order valence-electron chi connectivity index (χ3n) is 3.69. The Kier molecular flexibility index (Phi) is 4.54. The van der Waals surface area contributed by atoms with Crippen LogP contribution in [0.2, 0.25) is 0 Å². The molecule has 5 heteroatoms. The number of carbonyl (C=O) groups excluding carboxylic acids is 2. The lowest BCUT2D eigenvalue weighted by atomic mass is 10.0. The number of likely N-dealkylation sites (tertiary alicyclic amines) is 1. The summed E-state index contributed by atoms with van der Waals surface area (Å²) < 4.78 is 18.9. The van der Waals surface area contributed by atoms with Gasteiger partial charge in [0.1, 0.15) is 11.4 Å². The highest BCUT2D eigenvalue weighted by Crippen LogP contribution is 2.37. The molecule has 0 spiro atoms. The molecule has 0 saturated carbocycles. The van der Waals surface area contributed by atoms with Crippen LogP contribution in [0.5, 0.6) is 0 Å². The molecular formula is C17H22FNO3. The van der Waals surface area contributed by atoms with E-state index >= 15 is 0 Å². The van der Waals surface area contributed by atoms with Crippen LogP contribution in [0.4, 0.5) is 9.18 Å². The van der Waals surface area contributed by atoms with Gasteiger partial charge in [0.05, 0.1) is 12.1 Å². The third kappa shape index (κ3) is 3.64. The second-order valence-corrected chi connectivity index (χ2v) is 6.66. The zero-order valence-electron chi connectivity index (χ0n) is 13.4. The lowest BCUT2D eigenvalue weighted by molar-refractivity contribution is -0.121. The van der Waals surface area contributed by atoms with Crippen LogP contribution < -0.4 is 0 Å². The number of nitrogens with zero attached hydrogens (tertiary/aromatic N) is 1. The third-order valence-corrected chi connectivity index (χ3v) is 3.69. The fourth-order valence-corrected chi connectivity index (χ4v) is 2.82. The zero-order valence-corrected chi connectivity index (χ0v) is 13.4. The Morgan fingerprint density at radius 2 is 1.95 bits per heavy atom. The number of hydrogen-bond acceptors (Lipinski definition) is 3. The Labute approximate surface area is 130 Å². The van der Waals surface area contributed by atoms with Crippen molar-refractivity contribution in [3.63, 3.8) is 0 Å². The summed E-state index contributed by atoms with van der Waals surface area (Å²) in [6.07, 6.45) is 0.655. The number of hydrogen-bond donors (Lipinski definition) is 0. The molecule has 1 aromatic rings. The van der Waals surface area contributed by atoms with Crippen molar-refractivity contribution in [2.45, 2.75) is 58.2 Å². The van der Waals surface area contributed by atoms with E-state index in [0.717, 1.165) is 0 Å². The number of amides is 1. The number of benzene rings is 1. The van der Waals surface area contributed by atoms with E-state index in [1.165, 1.54) is 24.0 Å². The number of ether oxygens (including phenoxy) is 1. The van der Waals surface area contributed by atoms with Gasteiger partial charge in [-0.3, -0.25) is 9.69 Å². The summed E-state index contributed by atoms with van der Waals surface area (Å²) in [5.41, 5.74) is 0.0441. The standard InChI is InChI=1S/C17H22FNO3/c1-11(20)14-8-9-15(12-6-5-7-13(18)10-12)19(14)16(21)22-17(2,3)4/h5-7,10,14-15H,8-9H2,1-4H3/t14-,15+/m1/s1. The van der Waals surface area contributed by atoms with Gasteiger partial charge < -0.3 is 4.74 Å². The molecule has 0 unspecified atom stereocenters. The molecule has 1 saturated heterocycles. The van der Waals surface area contributed by atoms with Crippen molar-refractivity contribution in [3.05, 3.63) is 35.6 Å². The van der Waals surface area contributed by atoms with Crippen molar-refractivity contribution in [1.29, 1.82) is 0 Å². The second-order valence-electron chi connectivity index (χ2n) is 6.66. The van der Waals surface area contributed by atoms with Gasteiger partial charge in [0, 0.05) is 0 Å². The predicted octanol–water partition coefficient (Wildman–Crippen LogP) is 3.86. The highest BCUT2D eigenvalue weighted by Gasteiger charge is 2.42. The van der Waals surface area contributed by atoms with E-state index in [1.54, 1.807) is 32.9 Å². The van der Waals surface area contributed by atoms with Crippen LogP contribution in [0.3, 0.4) is 0 Å². The van der Waals surface area contributed by atoms with Gasteiger partial charge in [-0.25, -0.2) is 9.18 Å². The fourth-order valence-electron chi connectivity index (χ4n) is 2.82. The van der Waals surface area contributed by atoms with Crippen molar-refractivity contribution in [2.24, 2.45) is 0 Å². The molecule has 1 heterocycles. The number of carbonyl (C=O) groups is 2. The summed E-state index contributed by atoms with van der Waals surface area (Å²) in [5, 5.41) is 0. The molecule has 1 aliphatic rings. The first-order valence-electron chi connectivity index (χ1n) is 7.46. The molecule has 1 aliphatic heterocycles. The largest absolute Gasteiger partial charge is 0.444 e. The Morgan fingerprint density at radius 1 is 1.27 bits per heavy atom. The molecule has 0 aliphatic carbocycles. The van der Waals surface area contributed by atoms with Crippen LogP contribution in [0.1, 0.15) is 52.1 Å². The minimum absolute atomic E-state index is 0.0789. The lowest BCUT2D eigenvalue weighted by Gasteiger charge is -2.32. The molecule has 1 amide bonds. The Balaban J connectivity index is 2.32. The lowest BCUT2D eigenvalue weighted by Crippen LogP contribution is -2.43. The average molecular weight is 307 g/mol. The molecule has 1 fully saturated rings. The summed E-state index contributed by atoms with van der Waals surface area (Å²) in [4.78, 5) is 25.8. The van der Waals surface area contributed by atoms with Crippen molar-refractivity contribution in [1.82, 2.24) is 4.90 Å². The van der Waals surface area contributed by atoms with E-state index in [-0.39, 0.29) is 17.6 Å². The van der Waals surface area contributed by atoms with Gasteiger partial charge in [-0.15, -0.1) is 0 Å². The van der Waals surface area contributed by atoms with Gasteiger partial charge >= 0.3 is 6.09 Å². The molecule has 2 rings (SSSR count). The summed E-state index contributed by atoms with van der Waals surface area (Å²) in [7, 11) is 0. The quantitative estimate of drug-likeness (QED) is 0.833. The summed E-state index contributed by atoms with van der Waals surface area (Å²) in [6, 6.07) is 5.30. The first-order valence-corrected chi connectivity index (χ1v) is 7.46. The Morgan fingerprint density at radius 3 is 2.50 bits per heavy atom. The van der Waals surface area contributed by atoms with Gasteiger partial charge in [-0.05, 0) is 58.2 Å². The SMILES string of the molecule is CC(=O)[C@H]1CC[C@@H](c2cccc(F)c2)N1C(=O)OC(C)(C)C. The van der Waals surface area contributed by atoms with Crippen LogP contribution >= 0.6 is 0 Å². The summed E-state index contributed by atoms with van der Waals surface area (Å²) in [5.74, 6) is -0.433. The number of ketones is 1. The molecule has 2 atom stereocenters. The van der Waals surface area contributed by atoms with E-state index in [1.807, 2.05) is 0 Å². The highest BCUT2D eigenvalue weighted by atomic mass is 19.1. The molecular weight excluding hydrogens is 285 g/mol. The highest BCUT2D eigenvalue weighted by molar-refractivity contribution is 5.86. The minimum Gasteiger partial charge on any atom is -0.444 e. The Hall–Kier alpha value is -1.91. The monoisotopic (exact) mass is 307 g/mol. The van der Waals surface area contributed by atoms with Gasteiger partial charge in [0.15, 0.2) is 5.78 Å². The maximum atomic E-state index is 13.5. The fraction of sp³-hybridized carbons (Fsp3) is 0.529. The number of halogens is 1. The van der Waals surface area contributed by atoms with Crippen molar-refractivity contribution in [3.8, 4) is 0 Å². The van der Waals surface area contributed by atoms with Crippen molar-refractivity contribution in [2.75, 3.05) is 0 Å². The van der Waals surface area contributed by atoms with E-state index in [4.69, 9.17) is 4.74 Å². The first-order chi connectivity index (χ1) is 10.2. The van der Waals surface area contributed by atoms with Gasteiger partial charge in [-0.2, -0.15) is 0 Å². The zero-order chi connectivity index (χ0) is 16.5. The van der Waals surface area contributed by atoms with Crippen LogP contribution in [0.15, 0.2) is 24.3 Å². The average Bonchev–Trinajstić information content (AvgIpc) is 2.81. The van der Waals surface area contributed by atoms with E-state index < -0.39 is 17.7 Å². The normalized spacial score (nSPS) is 21.8. The first kappa shape index (κ1) is 16.5. The van der Waals surface area contributed by atoms with Gasteiger partial charge in [0.2, 0.25) is 0 Å². The molecule has 0 N–H and O–H groups in total. The maximum absolute atomic E-state index is 13.5. The van der Waals surface area contributed by atoms with Crippen LogP contribution in [-0.4, -0.2) is 28.4 Å².